The molecule has 5 heteroatoms. The van der Waals surface area contributed by atoms with Crippen LogP contribution in [-0.4, -0.2) is 38.2 Å². The van der Waals surface area contributed by atoms with Gasteiger partial charge in [0.1, 0.15) is 0 Å². The van der Waals surface area contributed by atoms with Crippen LogP contribution < -0.4 is 0 Å². The number of fused-ring (bicyclic) bond motifs is 1. The van der Waals surface area contributed by atoms with E-state index < -0.39 is 0 Å². The van der Waals surface area contributed by atoms with Crippen LogP contribution in [0.2, 0.25) is 0 Å². The van der Waals surface area contributed by atoms with E-state index in [2.05, 4.69) is 41.3 Å². The molecule has 1 aliphatic heterocycles. The smallest absolute Gasteiger partial charge is 0.255 e. The quantitative estimate of drug-likeness (QED) is 0.722. The normalized spacial score (nSPS) is 20.4. The lowest BCUT2D eigenvalue weighted by molar-refractivity contribution is 0.0742. The van der Waals surface area contributed by atoms with Crippen LogP contribution in [-0.2, 0) is 7.05 Å². The molecule has 5 nitrogen and oxygen atoms in total. The van der Waals surface area contributed by atoms with Crippen molar-refractivity contribution < 1.29 is 4.79 Å². The van der Waals surface area contributed by atoms with Crippen LogP contribution in [0.1, 0.15) is 40.9 Å². The SMILES string of the molecule is Cc1nn(C)c2ncc(C(=O)N3CC[C@@H](c4ccccc4)[C@H]3C)cc12. The van der Waals surface area contributed by atoms with Crippen molar-refractivity contribution in [1.82, 2.24) is 19.7 Å². The van der Waals surface area contributed by atoms with Crippen LogP contribution in [0.3, 0.4) is 0 Å². The number of carbonyl (C=O) groups excluding carboxylic acids is 1. The van der Waals surface area contributed by atoms with Gasteiger partial charge in [-0.3, -0.25) is 9.48 Å². The Bertz CT molecular complexity index is 932. The Morgan fingerprint density at radius 3 is 2.76 bits per heavy atom. The van der Waals surface area contributed by atoms with Gasteiger partial charge in [-0.25, -0.2) is 4.98 Å². The minimum absolute atomic E-state index is 0.0589. The van der Waals surface area contributed by atoms with E-state index in [1.165, 1.54) is 5.56 Å². The molecule has 0 aliphatic carbocycles. The van der Waals surface area contributed by atoms with Crippen molar-refractivity contribution >= 4 is 16.9 Å². The third-order valence-electron chi connectivity index (χ3n) is 5.35. The molecule has 0 spiro atoms. The highest BCUT2D eigenvalue weighted by molar-refractivity contribution is 5.97. The van der Waals surface area contributed by atoms with Crippen molar-refractivity contribution in [3.05, 3.63) is 59.4 Å². The van der Waals surface area contributed by atoms with Gasteiger partial charge in [-0.15, -0.1) is 0 Å². The summed E-state index contributed by atoms with van der Waals surface area (Å²) in [6.45, 7) is 4.87. The van der Waals surface area contributed by atoms with Crippen molar-refractivity contribution in [2.45, 2.75) is 32.2 Å². The van der Waals surface area contributed by atoms with Gasteiger partial charge < -0.3 is 4.90 Å². The van der Waals surface area contributed by atoms with E-state index in [0.717, 1.165) is 29.7 Å². The van der Waals surface area contributed by atoms with Gasteiger partial charge in [0.05, 0.1) is 11.3 Å². The second-order valence-corrected chi connectivity index (χ2v) is 6.85. The summed E-state index contributed by atoms with van der Waals surface area (Å²) in [5, 5.41) is 5.33. The highest BCUT2D eigenvalue weighted by Crippen LogP contribution is 2.34. The summed E-state index contributed by atoms with van der Waals surface area (Å²) < 4.78 is 1.75. The Morgan fingerprint density at radius 2 is 2.00 bits per heavy atom. The molecular formula is C20H22N4O. The summed E-state index contributed by atoms with van der Waals surface area (Å²) in [6, 6.07) is 12.6. The molecular weight excluding hydrogens is 312 g/mol. The molecule has 128 valence electrons. The standard InChI is InChI=1S/C20H22N4O/c1-13-18-11-16(12-21-19(18)23(3)22-13)20(25)24-10-9-17(14(24)2)15-7-5-4-6-8-15/h4-8,11-12,14,17H,9-10H2,1-3H3/t14-,17-/m1/s1. The Balaban J connectivity index is 1.62. The number of carbonyl (C=O) groups is 1. The minimum atomic E-state index is 0.0589. The molecule has 1 aliphatic rings. The number of likely N-dealkylation sites (tertiary alicyclic amines) is 1. The Hall–Kier alpha value is -2.69. The first-order valence-electron chi connectivity index (χ1n) is 8.71. The molecule has 3 heterocycles. The van der Waals surface area contributed by atoms with Crippen LogP contribution in [0.5, 0.6) is 0 Å². The third kappa shape index (κ3) is 2.60. The zero-order valence-electron chi connectivity index (χ0n) is 14.8. The van der Waals surface area contributed by atoms with Crippen LogP contribution in [0.15, 0.2) is 42.6 Å². The van der Waals surface area contributed by atoms with Crippen molar-refractivity contribution in [3.8, 4) is 0 Å². The molecule has 1 aromatic carbocycles. The zero-order valence-corrected chi connectivity index (χ0v) is 14.8. The Morgan fingerprint density at radius 1 is 1.24 bits per heavy atom. The highest BCUT2D eigenvalue weighted by Gasteiger charge is 2.35. The molecule has 2 atom stereocenters. The monoisotopic (exact) mass is 334 g/mol. The average Bonchev–Trinajstić information content (AvgIpc) is 3.15. The summed E-state index contributed by atoms with van der Waals surface area (Å²) in [7, 11) is 1.87. The van der Waals surface area contributed by atoms with E-state index in [4.69, 9.17) is 0 Å². The largest absolute Gasteiger partial charge is 0.335 e. The van der Waals surface area contributed by atoms with E-state index in [1.54, 1.807) is 10.9 Å². The number of hydrogen-bond donors (Lipinski definition) is 0. The molecule has 0 N–H and O–H groups in total. The summed E-state index contributed by atoms with van der Waals surface area (Å²) in [6.07, 6.45) is 2.67. The molecule has 0 radical (unpaired) electrons. The predicted octanol–water partition coefficient (Wildman–Crippen LogP) is 3.29. The van der Waals surface area contributed by atoms with Crippen LogP contribution >= 0.6 is 0 Å². The lowest BCUT2D eigenvalue weighted by Crippen LogP contribution is -2.35. The maximum Gasteiger partial charge on any atom is 0.255 e. The first kappa shape index (κ1) is 15.8. The van der Waals surface area contributed by atoms with E-state index in [-0.39, 0.29) is 11.9 Å². The first-order valence-corrected chi connectivity index (χ1v) is 8.71. The van der Waals surface area contributed by atoms with Crippen molar-refractivity contribution in [1.29, 1.82) is 0 Å². The van der Waals surface area contributed by atoms with Gasteiger partial charge in [0, 0.05) is 37.1 Å². The molecule has 4 rings (SSSR count). The second-order valence-electron chi connectivity index (χ2n) is 6.85. The van der Waals surface area contributed by atoms with Gasteiger partial charge in [0.15, 0.2) is 5.65 Å². The lowest BCUT2D eigenvalue weighted by atomic mass is 9.93. The fraction of sp³-hybridized carbons (Fsp3) is 0.350. The van der Waals surface area contributed by atoms with E-state index >= 15 is 0 Å². The summed E-state index contributed by atoms with van der Waals surface area (Å²) in [4.78, 5) is 19.5. The topological polar surface area (TPSA) is 51.0 Å². The molecule has 0 unspecified atom stereocenters. The number of pyridine rings is 1. The maximum absolute atomic E-state index is 13.1. The van der Waals surface area contributed by atoms with E-state index in [9.17, 15) is 4.79 Å². The van der Waals surface area contributed by atoms with E-state index in [0.29, 0.717) is 11.5 Å². The van der Waals surface area contributed by atoms with Gasteiger partial charge in [0.2, 0.25) is 0 Å². The Labute approximate surface area is 147 Å². The Kier molecular flexibility index (Phi) is 3.79. The number of benzene rings is 1. The van der Waals surface area contributed by atoms with Gasteiger partial charge in [-0.1, -0.05) is 30.3 Å². The molecule has 1 amide bonds. The average molecular weight is 334 g/mol. The van der Waals surface area contributed by atoms with Crippen molar-refractivity contribution in [2.24, 2.45) is 7.05 Å². The summed E-state index contributed by atoms with van der Waals surface area (Å²) in [5.74, 6) is 0.450. The van der Waals surface area contributed by atoms with Crippen molar-refractivity contribution in [2.75, 3.05) is 6.54 Å². The molecule has 1 fully saturated rings. The fourth-order valence-electron chi connectivity index (χ4n) is 3.96. The van der Waals surface area contributed by atoms with Gasteiger partial charge in [-0.2, -0.15) is 5.10 Å². The predicted molar refractivity (Wildman–Crippen MR) is 97.5 cm³/mol. The molecule has 2 aromatic heterocycles. The van der Waals surface area contributed by atoms with Gasteiger partial charge in [0.25, 0.3) is 5.91 Å². The molecule has 25 heavy (non-hydrogen) atoms. The molecule has 0 bridgehead atoms. The van der Waals surface area contributed by atoms with Gasteiger partial charge in [-0.05, 0) is 31.9 Å². The number of nitrogens with zero attached hydrogens (tertiary/aromatic N) is 4. The number of amides is 1. The minimum Gasteiger partial charge on any atom is -0.335 e. The first-order chi connectivity index (χ1) is 12.1. The number of hydrogen-bond acceptors (Lipinski definition) is 3. The number of aromatic nitrogens is 3. The third-order valence-corrected chi connectivity index (χ3v) is 5.35. The van der Waals surface area contributed by atoms with Crippen LogP contribution in [0, 0.1) is 6.92 Å². The van der Waals surface area contributed by atoms with E-state index in [1.807, 2.05) is 31.0 Å². The number of rotatable bonds is 2. The van der Waals surface area contributed by atoms with Crippen molar-refractivity contribution in [3.63, 3.8) is 0 Å². The second kappa shape index (κ2) is 5.99. The van der Waals surface area contributed by atoms with Crippen LogP contribution in [0.25, 0.3) is 11.0 Å². The van der Waals surface area contributed by atoms with Gasteiger partial charge >= 0.3 is 0 Å². The lowest BCUT2D eigenvalue weighted by Gasteiger charge is -2.25. The number of aryl methyl sites for hydroxylation is 2. The summed E-state index contributed by atoms with van der Waals surface area (Å²) in [5.41, 5.74) is 3.66. The zero-order chi connectivity index (χ0) is 17.6. The van der Waals surface area contributed by atoms with Crippen LogP contribution in [0.4, 0.5) is 0 Å². The molecule has 0 saturated carbocycles. The maximum atomic E-state index is 13.1. The molecule has 3 aromatic rings. The molecule has 1 saturated heterocycles. The fourth-order valence-corrected chi connectivity index (χ4v) is 3.96. The summed E-state index contributed by atoms with van der Waals surface area (Å²) >= 11 is 0. The highest BCUT2D eigenvalue weighted by atomic mass is 16.2.